The highest BCUT2D eigenvalue weighted by atomic mass is 16.3. The van der Waals surface area contributed by atoms with Crippen molar-refractivity contribution in [3.05, 3.63) is 41.0 Å². The lowest BCUT2D eigenvalue weighted by Gasteiger charge is -2.18. The molecule has 21 heavy (non-hydrogen) atoms. The van der Waals surface area contributed by atoms with Gasteiger partial charge in [-0.1, -0.05) is 26.8 Å². The lowest BCUT2D eigenvalue weighted by atomic mass is 9.88. The van der Waals surface area contributed by atoms with E-state index in [1.807, 2.05) is 19.9 Å². The number of aromatic hydroxyl groups is 3. The Kier molecular flexibility index (Phi) is 4.41. The number of rotatable bonds is 4. The van der Waals surface area contributed by atoms with Crippen LogP contribution in [0.5, 0.6) is 17.2 Å². The van der Waals surface area contributed by atoms with Crippen molar-refractivity contribution in [3.8, 4) is 28.4 Å². The maximum Gasteiger partial charge on any atom is 0.122 e. The van der Waals surface area contributed by atoms with Crippen LogP contribution in [0.4, 0.5) is 0 Å². The average Bonchev–Trinajstić information content (AvgIpc) is 2.45. The first-order valence-corrected chi connectivity index (χ1v) is 7.41. The van der Waals surface area contributed by atoms with Crippen LogP contribution in [0, 0.1) is 0 Å². The number of phenols is 3. The highest BCUT2D eigenvalue weighted by Crippen LogP contribution is 2.39. The summed E-state index contributed by atoms with van der Waals surface area (Å²) in [6, 6.07) is 6.57. The summed E-state index contributed by atoms with van der Waals surface area (Å²) in [6.07, 6.45) is 2.29. The monoisotopic (exact) mass is 286 g/mol. The molecule has 0 aromatic heterocycles. The summed E-state index contributed by atoms with van der Waals surface area (Å²) < 4.78 is 0. The van der Waals surface area contributed by atoms with E-state index in [1.165, 1.54) is 6.07 Å². The molecule has 0 aliphatic carbocycles. The van der Waals surface area contributed by atoms with E-state index in [0.717, 1.165) is 40.7 Å². The van der Waals surface area contributed by atoms with Crippen molar-refractivity contribution >= 4 is 0 Å². The van der Waals surface area contributed by atoms with E-state index in [2.05, 4.69) is 6.92 Å². The Balaban J connectivity index is 2.80. The first-order valence-electron chi connectivity index (χ1n) is 7.41. The van der Waals surface area contributed by atoms with Crippen LogP contribution >= 0.6 is 0 Å². The highest BCUT2D eigenvalue weighted by Gasteiger charge is 2.17. The minimum Gasteiger partial charge on any atom is -0.508 e. The molecule has 0 atom stereocenters. The zero-order chi connectivity index (χ0) is 15.6. The van der Waals surface area contributed by atoms with Crippen LogP contribution in [0.3, 0.4) is 0 Å². The van der Waals surface area contributed by atoms with Gasteiger partial charge in [0, 0.05) is 11.6 Å². The van der Waals surface area contributed by atoms with Gasteiger partial charge in [0.25, 0.3) is 0 Å². The molecule has 0 spiro atoms. The van der Waals surface area contributed by atoms with Gasteiger partial charge in [0.1, 0.15) is 17.2 Å². The Morgan fingerprint density at radius 1 is 0.714 bits per heavy atom. The minimum atomic E-state index is 0.0214. The molecule has 0 heterocycles. The summed E-state index contributed by atoms with van der Waals surface area (Å²) in [4.78, 5) is 0. The maximum absolute atomic E-state index is 10.5. The molecule has 0 radical (unpaired) electrons. The van der Waals surface area contributed by atoms with Gasteiger partial charge >= 0.3 is 0 Å². The third kappa shape index (κ3) is 2.82. The van der Waals surface area contributed by atoms with Crippen LogP contribution in [-0.4, -0.2) is 15.3 Å². The SMILES string of the molecule is CCc1cc(CC)c(-c2cc(O)cc(O)c2)c(CC)c1O. The Labute approximate surface area is 125 Å². The molecule has 3 N–H and O–H groups in total. The molecule has 0 aliphatic rings. The molecule has 112 valence electrons. The molecule has 0 saturated carbocycles. The van der Waals surface area contributed by atoms with Crippen LogP contribution in [0.1, 0.15) is 37.5 Å². The van der Waals surface area contributed by atoms with Crippen LogP contribution < -0.4 is 0 Å². The van der Waals surface area contributed by atoms with Gasteiger partial charge in [0.2, 0.25) is 0 Å². The predicted molar refractivity (Wildman–Crippen MR) is 85.0 cm³/mol. The largest absolute Gasteiger partial charge is 0.508 e. The normalized spacial score (nSPS) is 10.8. The average molecular weight is 286 g/mol. The third-order valence-electron chi connectivity index (χ3n) is 3.87. The molecular formula is C18H22O3. The van der Waals surface area contributed by atoms with Crippen LogP contribution in [0.2, 0.25) is 0 Å². The Morgan fingerprint density at radius 3 is 1.76 bits per heavy atom. The van der Waals surface area contributed by atoms with Crippen LogP contribution in [0.15, 0.2) is 24.3 Å². The Morgan fingerprint density at radius 2 is 1.29 bits per heavy atom. The van der Waals surface area contributed by atoms with E-state index in [4.69, 9.17) is 0 Å². The van der Waals surface area contributed by atoms with Crippen molar-refractivity contribution in [1.82, 2.24) is 0 Å². The van der Waals surface area contributed by atoms with Gasteiger partial charge in [-0.3, -0.25) is 0 Å². The van der Waals surface area contributed by atoms with Crippen molar-refractivity contribution in [3.63, 3.8) is 0 Å². The molecule has 3 nitrogen and oxygen atoms in total. The van der Waals surface area contributed by atoms with Crippen molar-refractivity contribution < 1.29 is 15.3 Å². The van der Waals surface area contributed by atoms with Crippen molar-refractivity contribution in [2.24, 2.45) is 0 Å². The molecule has 0 unspecified atom stereocenters. The molecule has 0 bridgehead atoms. The van der Waals surface area contributed by atoms with Crippen molar-refractivity contribution in [2.75, 3.05) is 0 Å². The fourth-order valence-electron chi connectivity index (χ4n) is 2.85. The lowest BCUT2D eigenvalue weighted by Crippen LogP contribution is -1.99. The van der Waals surface area contributed by atoms with Gasteiger partial charge in [-0.15, -0.1) is 0 Å². The van der Waals surface area contributed by atoms with Gasteiger partial charge < -0.3 is 15.3 Å². The second kappa shape index (κ2) is 6.08. The summed E-state index contributed by atoms with van der Waals surface area (Å²) in [5.41, 5.74) is 4.58. The minimum absolute atomic E-state index is 0.0214. The zero-order valence-electron chi connectivity index (χ0n) is 12.8. The predicted octanol–water partition coefficient (Wildman–Crippen LogP) is 4.16. The molecule has 2 rings (SSSR count). The molecular weight excluding hydrogens is 264 g/mol. The molecule has 0 fully saturated rings. The molecule has 3 heteroatoms. The van der Waals surface area contributed by atoms with Crippen molar-refractivity contribution in [1.29, 1.82) is 0 Å². The fraction of sp³-hybridized carbons (Fsp3) is 0.333. The van der Waals surface area contributed by atoms with Crippen molar-refractivity contribution in [2.45, 2.75) is 40.0 Å². The number of aryl methyl sites for hydroxylation is 2. The van der Waals surface area contributed by atoms with Gasteiger partial charge in [-0.2, -0.15) is 0 Å². The van der Waals surface area contributed by atoms with E-state index in [9.17, 15) is 15.3 Å². The molecule has 0 saturated heterocycles. The smallest absolute Gasteiger partial charge is 0.122 e. The summed E-state index contributed by atoms with van der Waals surface area (Å²) in [7, 11) is 0. The number of phenolic OH excluding ortho intramolecular Hbond substituents is 3. The first-order chi connectivity index (χ1) is 10.0. The number of hydrogen-bond acceptors (Lipinski definition) is 3. The van der Waals surface area contributed by atoms with Crippen LogP contribution in [-0.2, 0) is 19.3 Å². The summed E-state index contributed by atoms with van der Waals surface area (Å²) in [6.45, 7) is 6.09. The fourth-order valence-corrected chi connectivity index (χ4v) is 2.85. The van der Waals surface area contributed by atoms with Gasteiger partial charge in [-0.05, 0) is 53.6 Å². The zero-order valence-corrected chi connectivity index (χ0v) is 12.8. The second-order valence-electron chi connectivity index (χ2n) is 5.20. The van der Waals surface area contributed by atoms with E-state index in [-0.39, 0.29) is 11.5 Å². The van der Waals surface area contributed by atoms with Crippen LogP contribution in [0.25, 0.3) is 11.1 Å². The van der Waals surface area contributed by atoms with Gasteiger partial charge in [-0.25, -0.2) is 0 Å². The van der Waals surface area contributed by atoms with E-state index < -0.39 is 0 Å². The topological polar surface area (TPSA) is 60.7 Å². The number of hydrogen-bond donors (Lipinski definition) is 3. The summed E-state index contributed by atoms with van der Waals surface area (Å²) in [5, 5.41) is 29.9. The number of benzene rings is 2. The third-order valence-corrected chi connectivity index (χ3v) is 3.87. The van der Waals surface area contributed by atoms with E-state index >= 15 is 0 Å². The lowest BCUT2D eigenvalue weighted by molar-refractivity contribution is 0.450. The standard InChI is InChI=1S/C18H22O3/c1-4-11-7-12(5-2)18(21)16(6-3)17(11)13-8-14(19)10-15(20)9-13/h7-10,19-21H,4-6H2,1-3H3. The second-order valence-corrected chi connectivity index (χ2v) is 5.20. The molecule has 2 aromatic carbocycles. The maximum atomic E-state index is 10.5. The quantitative estimate of drug-likeness (QED) is 0.791. The van der Waals surface area contributed by atoms with E-state index in [0.29, 0.717) is 12.2 Å². The Bertz CT molecular complexity index is 640. The molecule has 2 aromatic rings. The summed E-state index contributed by atoms with van der Waals surface area (Å²) in [5.74, 6) is 0.372. The van der Waals surface area contributed by atoms with Gasteiger partial charge in [0.05, 0.1) is 0 Å². The Hall–Kier alpha value is -2.16. The van der Waals surface area contributed by atoms with Gasteiger partial charge in [0.15, 0.2) is 0 Å². The highest BCUT2D eigenvalue weighted by molar-refractivity contribution is 5.76. The molecule has 0 amide bonds. The molecule has 0 aliphatic heterocycles. The summed E-state index contributed by atoms with van der Waals surface area (Å²) >= 11 is 0. The van der Waals surface area contributed by atoms with E-state index in [1.54, 1.807) is 12.1 Å². The first kappa shape index (κ1) is 15.2.